The highest BCUT2D eigenvalue weighted by molar-refractivity contribution is 7.99. The van der Waals surface area contributed by atoms with Gasteiger partial charge < -0.3 is 10.1 Å². The van der Waals surface area contributed by atoms with Crippen LogP contribution in [0.2, 0.25) is 0 Å². The monoisotopic (exact) mass is 289 g/mol. The Bertz CT molecular complexity index is 575. The van der Waals surface area contributed by atoms with Gasteiger partial charge in [-0.25, -0.2) is 9.97 Å². The molecule has 1 aromatic carbocycles. The summed E-state index contributed by atoms with van der Waals surface area (Å²) in [7, 11) is 1.68. The smallest absolute Gasteiger partial charge is 0.133 e. The third kappa shape index (κ3) is 3.42. The number of rotatable bonds is 6. The zero-order valence-corrected chi connectivity index (χ0v) is 12.8. The molecule has 1 aromatic heterocycles. The highest BCUT2D eigenvalue weighted by Crippen LogP contribution is 2.33. The van der Waals surface area contributed by atoms with Gasteiger partial charge in [0.25, 0.3) is 0 Å². The lowest BCUT2D eigenvalue weighted by Gasteiger charge is -2.12. The van der Waals surface area contributed by atoms with Gasteiger partial charge in [-0.05, 0) is 31.5 Å². The molecular weight excluding hydrogens is 270 g/mol. The first-order valence-electron chi connectivity index (χ1n) is 6.68. The lowest BCUT2D eigenvalue weighted by atomic mass is 10.2. The van der Waals surface area contributed by atoms with Crippen LogP contribution in [0.1, 0.15) is 19.4 Å². The summed E-state index contributed by atoms with van der Waals surface area (Å²) in [5, 5.41) is 4.28. The van der Waals surface area contributed by atoms with Crippen LogP contribution in [0.4, 0.5) is 5.82 Å². The molecule has 0 radical (unpaired) electrons. The Labute approximate surface area is 124 Å². The summed E-state index contributed by atoms with van der Waals surface area (Å²) in [6.07, 6.45) is 2.51. The van der Waals surface area contributed by atoms with E-state index < -0.39 is 0 Å². The summed E-state index contributed by atoms with van der Waals surface area (Å²) in [4.78, 5) is 9.84. The van der Waals surface area contributed by atoms with Gasteiger partial charge in [0, 0.05) is 17.0 Å². The van der Waals surface area contributed by atoms with Crippen LogP contribution in [0.25, 0.3) is 0 Å². The van der Waals surface area contributed by atoms with Gasteiger partial charge in [-0.2, -0.15) is 0 Å². The van der Waals surface area contributed by atoms with Gasteiger partial charge in [0.05, 0.1) is 7.11 Å². The topological polar surface area (TPSA) is 47.0 Å². The maximum atomic E-state index is 5.25. The average molecular weight is 289 g/mol. The molecule has 0 saturated heterocycles. The molecule has 0 bridgehead atoms. The van der Waals surface area contributed by atoms with E-state index in [1.807, 2.05) is 18.2 Å². The maximum Gasteiger partial charge on any atom is 0.133 e. The summed E-state index contributed by atoms with van der Waals surface area (Å²) in [6.45, 7) is 5.04. The van der Waals surface area contributed by atoms with Gasteiger partial charge >= 0.3 is 0 Å². The van der Waals surface area contributed by atoms with E-state index in [2.05, 4.69) is 35.2 Å². The van der Waals surface area contributed by atoms with Gasteiger partial charge in [-0.1, -0.05) is 24.8 Å². The van der Waals surface area contributed by atoms with Crippen molar-refractivity contribution in [1.82, 2.24) is 9.97 Å². The number of nitrogens with one attached hydrogen (secondary N) is 1. The fourth-order valence-electron chi connectivity index (χ4n) is 1.90. The Morgan fingerprint density at radius 1 is 1.25 bits per heavy atom. The van der Waals surface area contributed by atoms with Crippen LogP contribution in [-0.2, 0) is 6.42 Å². The first-order valence-corrected chi connectivity index (χ1v) is 7.49. The molecule has 0 fully saturated rings. The highest BCUT2D eigenvalue weighted by Gasteiger charge is 2.11. The Morgan fingerprint density at radius 2 is 2.10 bits per heavy atom. The fraction of sp³-hybridized carbons (Fsp3) is 0.333. The molecule has 0 aliphatic rings. The van der Waals surface area contributed by atoms with E-state index >= 15 is 0 Å². The van der Waals surface area contributed by atoms with Gasteiger partial charge in [0.2, 0.25) is 0 Å². The fourth-order valence-corrected chi connectivity index (χ4v) is 2.91. The van der Waals surface area contributed by atoms with Gasteiger partial charge in [0.1, 0.15) is 22.9 Å². The molecule has 0 unspecified atom stereocenters. The minimum atomic E-state index is 0.854. The molecular formula is C15H19N3OS. The molecule has 2 rings (SSSR count). The molecule has 5 heteroatoms. The van der Waals surface area contributed by atoms with Crippen molar-refractivity contribution in [3.8, 4) is 5.75 Å². The number of anilines is 1. The summed E-state index contributed by atoms with van der Waals surface area (Å²) in [5.74, 6) is 1.78. The lowest BCUT2D eigenvalue weighted by molar-refractivity contribution is 0.413. The molecule has 0 atom stereocenters. The van der Waals surface area contributed by atoms with E-state index in [1.165, 1.54) is 0 Å². The van der Waals surface area contributed by atoms with Crippen LogP contribution < -0.4 is 10.1 Å². The number of hydrogen-bond donors (Lipinski definition) is 1. The molecule has 0 aliphatic heterocycles. The molecule has 0 saturated carbocycles. The molecule has 106 valence electrons. The first-order chi connectivity index (χ1) is 9.78. The summed E-state index contributed by atoms with van der Waals surface area (Å²) >= 11 is 1.64. The Kier molecular flexibility index (Phi) is 5.24. The Morgan fingerprint density at radius 3 is 2.80 bits per heavy atom. The van der Waals surface area contributed by atoms with Crippen LogP contribution in [0.5, 0.6) is 5.75 Å². The number of nitrogens with zero attached hydrogens (tertiary/aromatic N) is 2. The number of benzene rings is 1. The van der Waals surface area contributed by atoms with Crippen molar-refractivity contribution in [2.45, 2.75) is 30.2 Å². The minimum Gasteiger partial charge on any atom is -0.497 e. The third-order valence-electron chi connectivity index (χ3n) is 2.86. The SMILES string of the molecule is CCNc1ncnc(Sc2cccc(OC)c2)c1CC. The third-order valence-corrected chi connectivity index (χ3v) is 3.89. The minimum absolute atomic E-state index is 0.854. The quantitative estimate of drug-likeness (QED) is 0.823. The zero-order chi connectivity index (χ0) is 14.4. The van der Waals surface area contributed by atoms with Crippen molar-refractivity contribution in [2.75, 3.05) is 19.0 Å². The van der Waals surface area contributed by atoms with Gasteiger partial charge in [0.15, 0.2) is 0 Å². The number of aromatic nitrogens is 2. The molecule has 1 heterocycles. The Balaban J connectivity index is 2.30. The molecule has 0 amide bonds. The van der Waals surface area contributed by atoms with E-state index in [0.29, 0.717) is 0 Å². The van der Waals surface area contributed by atoms with Crippen LogP contribution in [-0.4, -0.2) is 23.6 Å². The van der Waals surface area contributed by atoms with Gasteiger partial charge in [-0.15, -0.1) is 0 Å². The van der Waals surface area contributed by atoms with E-state index in [-0.39, 0.29) is 0 Å². The van der Waals surface area contributed by atoms with Gasteiger partial charge in [-0.3, -0.25) is 0 Å². The lowest BCUT2D eigenvalue weighted by Crippen LogP contribution is -2.05. The normalized spacial score (nSPS) is 10.3. The highest BCUT2D eigenvalue weighted by atomic mass is 32.2. The van der Waals surface area contributed by atoms with Crippen LogP contribution in [0.3, 0.4) is 0 Å². The second kappa shape index (κ2) is 7.14. The number of methoxy groups -OCH3 is 1. The second-order valence-corrected chi connectivity index (χ2v) is 5.23. The molecule has 20 heavy (non-hydrogen) atoms. The van der Waals surface area contributed by atoms with Crippen molar-refractivity contribution in [2.24, 2.45) is 0 Å². The molecule has 4 nitrogen and oxygen atoms in total. The second-order valence-electron chi connectivity index (χ2n) is 4.17. The first kappa shape index (κ1) is 14.7. The summed E-state index contributed by atoms with van der Waals surface area (Å²) in [5.41, 5.74) is 1.15. The summed E-state index contributed by atoms with van der Waals surface area (Å²) < 4.78 is 5.25. The van der Waals surface area contributed by atoms with E-state index in [0.717, 1.165) is 40.0 Å². The Hall–Kier alpha value is -1.75. The standard InChI is InChI=1S/C15H19N3OS/c1-4-13-14(16-5-2)17-10-18-15(13)20-12-8-6-7-11(9-12)19-3/h6-10H,4-5H2,1-3H3,(H,16,17,18). The molecule has 2 aromatic rings. The zero-order valence-electron chi connectivity index (χ0n) is 12.0. The molecule has 1 N–H and O–H groups in total. The number of hydrogen-bond acceptors (Lipinski definition) is 5. The molecule has 0 spiro atoms. The largest absolute Gasteiger partial charge is 0.497 e. The predicted octanol–water partition coefficient (Wildman–Crippen LogP) is 3.63. The molecule has 0 aliphatic carbocycles. The number of ether oxygens (including phenoxy) is 1. The summed E-state index contributed by atoms with van der Waals surface area (Å²) in [6, 6.07) is 7.99. The van der Waals surface area contributed by atoms with Crippen molar-refractivity contribution in [3.63, 3.8) is 0 Å². The van der Waals surface area contributed by atoms with Crippen LogP contribution in [0, 0.1) is 0 Å². The van der Waals surface area contributed by atoms with Crippen molar-refractivity contribution >= 4 is 17.6 Å². The van der Waals surface area contributed by atoms with Crippen molar-refractivity contribution < 1.29 is 4.74 Å². The van der Waals surface area contributed by atoms with Crippen molar-refractivity contribution in [1.29, 1.82) is 0 Å². The predicted molar refractivity (Wildman–Crippen MR) is 82.7 cm³/mol. The van der Waals surface area contributed by atoms with E-state index in [4.69, 9.17) is 4.74 Å². The van der Waals surface area contributed by atoms with E-state index in [9.17, 15) is 0 Å². The maximum absolute atomic E-state index is 5.25. The van der Waals surface area contributed by atoms with Crippen LogP contribution in [0.15, 0.2) is 40.5 Å². The van der Waals surface area contributed by atoms with E-state index in [1.54, 1.807) is 25.2 Å². The average Bonchev–Trinajstić information content (AvgIpc) is 2.48. The van der Waals surface area contributed by atoms with Crippen LogP contribution >= 0.6 is 11.8 Å². The van der Waals surface area contributed by atoms with Crippen molar-refractivity contribution in [3.05, 3.63) is 36.2 Å².